The molecule has 0 saturated heterocycles. The van der Waals surface area contributed by atoms with E-state index in [1.807, 2.05) is 18.2 Å². The molecule has 0 atom stereocenters. The van der Waals surface area contributed by atoms with Gasteiger partial charge in [0, 0.05) is 23.9 Å². The number of carbonyl (C=O) groups is 1. The highest BCUT2D eigenvalue weighted by atomic mass is 16.3. The quantitative estimate of drug-likeness (QED) is 0.673. The molecule has 4 nitrogen and oxygen atoms in total. The predicted molar refractivity (Wildman–Crippen MR) is 74.1 cm³/mol. The van der Waals surface area contributed by atoms with Crippen LogP contribution in [0.4, 0.5) is 5.82 Å². The van der Waals surface area contributed by atoms with Gasteiger partial charge in [0.05, 0.1) is 0 Å². The Morgan fingerprint density at radius 3 is 2.63 bits per heavy atom. The molecule has 0 saturated carbocycles. The summed E-state index contributed by atoms with van der Waals surface area (Å²) in [6, 6.07) is 12.2. The van der Waals surface area contributed by atoms with E-state index < -0.39 is 0 Å². The molecule has 1 aromatic heterocycles. The van der Waals surface area contributed by atoms with Crippen LogP contribution in [0.1, 0.15) is 23.7 Å². The zero-order chi connectivity index (χ0) is 13.7. The summed E-state index contributed by atoms with van der Waals surface area (Å²) in [6.07, 6.45) is 1.75. The van der Waals surface area contributed by atoms with Crippen LogP contribution in [-0.4, -0.2) is 21.6 Å². The molecule has 0 aliphatic carbocycles. The SMILES string of the molecule is CC(CC(=O)c1ccccc1)=Nc1ncccc1O. The Hall–Kier alpha value is -2.49. The Balaban J connectivity index is 2.12. The number of aromatic nitrogens is 1. The lowest BCUT2D eigenvalue weighted by molar-refractivity contribution is 0.100. The molecular formula is C15H14N2O2. The molecule has 0 spiro atoms. The van der Waals surface area contributed by atoms with Gasteiger partial charge in [0.25, 0.3) is 0 Å². The fourth-order valence-corrected chi connectivity index (χ4v) is 1.65. The molecule has 0 aliphatic heterocycles. The van der Waals surface area contributed by atoms with Crippen LogP contribution < -0.4 is 0 Å². The number of ketones is 1. The van der Waals surface area contributed by atoms with E-state index in [1.165, 1.54) is 6.07 Å². The third-order valence-electron chi connectivity index (χ3n) is 2.57. The lowest BCUT2D eigenvalue weighted by Gasteiger charge is -2.02. The highest BCUT2D eigenvalue weighted by Gasteiger charge is 2.08. The van der Waals surface area contributed by atoms with Gasteiger partial charge in [-0.05, 0) is 19.1 Å². The number of hydrogen-bond acceptors (Lipinski definition) is 4. The lowest BCUT2D eigenvalue weighted by atomic mass is 10.1. The van der Waals surface area contributed by atoms with Crippen molar-refractivity contribution < 1.29 is 9.90 Å². The number of pyridine rings is 1. The number of Topliss-reactive ketones (excluding diaryl/α,β-unsaturated/α-hetero) is 1. The standard InChI is InChI=1S/C15H14N2O2/c1-11(17-15-13(18)8-5-9-16-15)10-14(19)12-6-3-2-4-7-12/h2-9,18H,10H2,1H3. The van der Waals surface area contributed by atoms with Crippen molar-refractivity contribution in [2.75, 3.05) is 0 Å². The van der Waals surface area contributed by atoms with E-state index in [2.05, 4.69) is 9.98 Å². The van der Waals surface area contributed by atoms with Crippen LogP contribution in [0.2, 0.25) is 0 Å². The van der Waals surface area contributed by atoms with Crippen molar-refractivity contribution in [3.05, 3.63) is 54.2 Å². The highest BCUT2D eigenvalue weighted by molar-refractivity contribution is 6.09. The highest BCUT2D eigenvalue weighted by Crippen LogP contribution is 2.22. The van der Waals surface area contributed by atoms with Gasteiger partial charge in [0.2, 0.25) is 0 Å². The topological polar surface area (TPSA) is 62.5 Å². The summed E-state index contributed by atoms with van der Waals surface area (Å²) in [5, 5.41) is 9.56. The molecule has 19 heavy (non-hydrogen) atoms. The Kier molecular flexibility index (Phi) is 4.03. The number of hydrogen-bond donors (Lipinski definition) is 1. The molecule has 0 aliphatic rings. The van der Waals surface area contributed by atoms with Gasteiger partial charge in [-0.2, -0.15) is 0 Å². The van der Waals surface area contributed by atoms with Gasteiger partial charge in [-0.3, -0.25) is 4.79 Å². The van der Waals surface area contributed by atoms with Crippen molar-refractivity contribution in [2.45, 2.75) is 13.3 Å². The zero-order valence-corrected chi connectivity index (χ0v) is 10.6. The molecule has 2 rings (SSSR count). The van der Waals surface area contributed by atoms with E-state index in [4.69, 9.17) is 0 Å². The minimum Gasteiger partial charge on any atom is -0.504 e. The number of carbonyl (C=O) groups excluding carboxylic acids is 1. The summed E-state index contributed by atoms with van der Waals surface area (Å²) in [6.45, 7) is 1.74. The molecule has 1 N–H and O–H groups in total. The van der Waals surface area contributed by atoms with E-state index in [9.17, 15) is 9.90 Å². The second kappa shape index (κ2) is 5.91. The average Bonchev–Trinajstić information content (AvgIpc) is 2.42. The first kappa shape index (κ1) is 13.0. The van der Waals surface area contributed by atoms with Crippen molar-refractivity contribution in [3.8, 4) is 5.75 Å². The maximum Gasteiger partial charge on any atom is 0.194 e. The zero-order valence-electron chi connectivity index (χ0n) is 10.6. The predicted octanol–water partition coefficient (Wildman–Crippen LogP) is 3.15. The fraction of sp³-hybridized carbons (Fsp3) is 0.133. The third kappa shape index (κ3) is 3.48. The number of rotatable bonds is 4. The Labute approximate surface area is 111 Å². The van der Waals surface area contributed by atoms with Gasteiger partial charge < -0.3 is 5.11 Å². The summed E-state index contributed by atoms with van der Waals surface area (Å²) in [4.78, 5) is 20.1. The molecule has 0 bridgehead atoms. The van der Waals surface area contributed by atoms with Crippen molar-refractivity contribution in [1.29, 1.82) is 0 Å². The van der Waals surface area contributed by atoms with Crippen LogP contribution in [-0.2, 0) is 0 Å². The van der Waals surface area contributed by atoms with E-state index in [0.717, 1.165) is 0 Å². The minimum absolute atomic E-state index is 0.00253. The van der Waals surface area contributed by atoms with Crippen molar-refractivity contribution >= 4 is 17.3 Å². The van der Waals surface area contributed by atoms with Gasteiger partial charge in [0.1, 0.15) is 0 Å². The Morgan fingerprint density at radius 2 is 1.95 bits per heavy atom. The summed E-state index contributed by atoms with van der Waals surface area (Å²) in [5.41, 5.74) is 1.27. The summed E-state index contributed by atoms with van der Waals surface area (Å²) in [7, 11) is 0. The molecule has 0 amide bonds. The second-order valence-corrected chi connectivity index (χ2v) is 4.16. The van der Waals surface area contributed by atoms with Gasteiger partial charge in [-0.1, -0.05) is 30.3 Å². The van der Waals surface area contributed by atoms with Crippen LogP contribution in [0.15, 0.2) is 53.7 Å². The van der Waals surface area contributed by atoms with Gasteiger partial charge in [-0.15, -0.1) is 0 Å². The van der Waals surface area contributed by atoms with Gasteiger partial charge in [-0.25, -0.2) is 9.98 Å². The maximum atomic E-state index is 12.0. The van der Waals surface area contributed by atoms with Crippen molar-refractivity contribution in [1.82, 2.24) is 4.98 Å². The second-order valence-electron chi connectivity index (χ2n) is 4.16. The molecule has 2 aromatic rings. The number of benzene rings is 1. The Bertz CT molecular complexity index is 607. The number of nitrogens with zero attached hydrogens (tertiary/aromatic N) is 2. The first-order valence-corrected chi connectivity index (χ1v) is 5.93. The average molecular weight is 254 g/mol. The van der Waals surface area contributed by atoms with Crippen LogP contribution in [0.3, 0.4) is 0 Å². The first-order valence-electron chi connectivity index (χ1n) is 5.93. The molecule has 4 heteroatoms. The first-order chi connectivity index (χ1) is 9.16. The van der Waals surface area contributed by atoms with E-state index >= 15 is 0 Å². The lowest BCUT2D eigenvalue weighted by Crippen LogP contribution is -2.05. The van der Waals surface area contributed by atoms with E-state index in [0.29, 0.717) is 11.3 Å². The van der Waals surface area contributed by atoms with Crippen molar-refractivity contribution in [3.63, 3.8) is 0 Å². The van der Waals surface area contributed by atoms with E-state index in [-0.39, 0.29) is 23.8 Å². The smallest absolute Gasteiger partial charge is 0.194 e. The molecule has 1 heterocycles. The Morgan fingerprint density at radius 1 is 1.21 bits per heavy atom. The minimum atomic E-state index is -0.00253. The summed E-state index contributed by atoms with van der Waals surface area (Å²) < 4.78 is 0. The number of aliphatic imine (C=N–C) groups is 1. The third-order valence-corrected chi connectivity index (χ3v) is 2.57. The largest absolute Gasteiger partial charge is 0.504 e. The monoisotopic (exact) mass is 254 g/mol. The summed E-state index contributed by atoms with van der Waals surface area (Å²) in [5.74, 6) is 0.243. The molecule has 0 unspecified atom stereocenters. The van der Waals surface area contributed by atoms with Crippen LogP contribution >= 0.6 is 0 Å². The van der Waals surface area contributed by atoms with Crippen LogP contribution in [0.25, 0.3) is 0 Å². The molecule has 0 radical (unpaired) electrons. The normalized spacial score (nSPS) is 11.3. The van der Waals surface area contributed by atoms with Crippen molar-refractivity contribution in [2.24, 2.45) is 4.99 Å². The summed E-state index contributed by atoms with van der Waals surface area (Å²) >= 11 is 0. The van der Waals surface area contributed by atoms with Crippen LogP contribution in [0, 0.1) is 0 Å². The molecule has 1 aromatic carbocycles. The fourth-order valence-electron chi connectivity index (χ4n) is 1.65. The maximum absolute atomic E-state index is 12.0. The van der Waals surface area contributed by atoms with E-state index in [1.54, 1.807) is 31.3 Å². The van der Waals surface area contributed by atoms with Gasteiger partial charge in [0.15, 0.2) is 17.4 Å². The molecular weight excluding hydrogens is 240 g/mol. The number of aromatic hydroxyl groups is 1. The van der Waals surface area contributed by atoms with Gasteiger partial charge >= 0.3 is 0 Å². The molecule has 0 fully saturated rings. The van der Waals surface area contributed by atoms with Crippen LogP contribution in [0.5, 0.6) is 5.75 Å². The molecule has 96 valence electrons.